The summed E-state index contributed by atoms with van der Waals surface area (Å²) in [5, 5.41) is 7.77. The van der Waals surface area contributed by atoms with Crippen molar-refractivity contribution in [3.63, 3.8) is 0 Å². The predicted octanol–water partition coefficient (Wildman–Crippen LogP) is 11.5. The number of unbranched alkanes of at least 4 members (excludes halogenated alkanes) is 7. The van der Waals surface area contributed by atoms with Gasteiger partial charge in [-0.25, -0.2) is 14.4 Å². The zero-order chi connectivity index (χ0) is 47.8. The molecule has 1 aromatic carbocycles. The summed E-state index contributed by atoms with van der Waals surface area (Å²) in [5.41, 5.74) is 13.8. The molecule has 4 aromatic heterocycles. The summed E-state index contributed by atoms with van der Waals surface area (Å²) >= 11 is 0. The van der Waals surface area contributed by atoms with Crippen molar-refractivity contribution in [2.75, 3.05) is 6.61 Å². The smallest absolute Gasteiger partial charge is 0.459 e. The highest BCUT2D eigenvalue weighted by molar-refractivity contribution is 6.08. The molecule has 9 nitrogen and oxygen atoms in total. The number of allylic oxidation sites excluding steroid dienone is 2. The largest absolute Gasteiger partial charge is 0.494 e. The van der Waals surface area contributed by atoms with Crippen LogP contribution in [0.4, 0.5) is 30.7 Å². The molecule has 1 unspecified atom stereocenters. The molecule has 1 aliphatic heterocycles. The lowest BCUT2D eigenvalue weighted by Crippen LogP contribution is -2.52. The van der Waals surface area contributed by atoms with Gasteiger partial charge in [-0.15, -0.1) is 9.56 Å². The first kappa shape index (κ1) is 49.4. The summed E-state index contributed by atoms with van der Waals surface area (Å²) in [6.45, 7) is 8.48. The second-order valence-corrected chi connectivity index (χ2v) is 16.8. The van der Waals surface area contributed by atoms with Crippen LogP contribution >= 0.6 is 0 Å². The lowest BCUT2D eigenvalue weighted by atomic mass is 9.93. The van der Waals surface area contributed by atoms with Crippen molar-refractivity contribution >= 4 is 11.4 Å². The Bertz CT molecular complexity index is 2590. The number of ether oxygens (including phenoxy) is 1. The van der Waals surface area contributed by atoms with E-state index in [1.165, 1.54) is 30.5 Å². The van der Waals surface area contributed by atoms with Crippen LogP contribution in [0.1, 0.15) is 118 Å². The van der Waals surface area contributed by atoms with Gasteiger partial charge >= 0.3 is 18.6 Å². The minimum absolute atomic E-state index is 0.122. The van der Waals surface area contributed by atoms with E-state index in [1.54, 1.807) is 27.5 Å². The Morgan fingerprint density at radius 2 is 1.55 bits per heavy atom. The predicted molar refractivity (Wildman–Crippen MR) is 241 cm³/mol. The van der Waals surface area contributed by atoms with E-state index in [2.05, 4.69) is 23.8 Å². The van der Waals surface area contributed by atoms with Crippen LogP contribution in [0.5, 0.6) is 5.75 Å². The average molecular weight is 919 g/mol. The zero-order valence-electron chi connectivity index (χ0n) is 37.7. The topological polar surface area (TPSA) is 131 Å². The molecule has 2 atom stereocenters. The number of nitrogens with zero attached hydrogens (tertiary/aromatic N) is 5. The number of aromatic nitrogens is 4. The minimum atomic E-state index is -5.03. The highest BCUT2D eigenvalue weighted by atomic mass is 19.4. The van der Waals surface area contributed by atoms with E-state index in [9.17, 15) is 26.3 Å². The lowest BCUT2D eigenvalue weighted by Gasteiger charge is -2.19. The zero-order valence-corrected chi connectivity index (χ0v) is 37.7. The van der Waals surface area contributed by atoms with Crippen molar-refractivity contribution < 1.29 is 44.6 Å². The number of aliphatic imine (C=N–C) groups is 1. The fourth-order valence-corrected chi connectivity index (χ4v) is 7.98. The summed E-state index contributed by atoms with van der Waals surface area (Å²) in [5.74, 6) is 0.0621. The Kier molecular flexibility index (Phi) is 16.1. The van der Waals surface area contributed by atoms with E-state index in [0.29, 0.717) is 58.8 Å². The van der Waals surface area contributed by atoms with Crippen molar-refractivity contribution in [3.8, 4) is 39.7 Å². The Balaban J connectivity index is 1.60. The molecule has 0 amide bonds. The van der Waals surface area contributed by atoms with Gasteiger partial charge in [0.05, 0.1) is 35.8 Å². The number of nitrogens with two attached hydrogens (primary N) is 2. The molecule has 0 saturated heterocycles. The normalized spacial score (nSPS) is 14.6. The van der Waals surface area contributed by atoms with Crippen molar-refractivity contribution in [1.29, 1.82) is 5.41 Å². The first-order valence-corrected chi connectivity index (χ1v) is 22.4. The Labute approximate surface area is 381 Å². The summed E-state index contributed by atoms with van der Waals surface area (Å²) in [7, 11) is 0. The Morgan fingerprint density at radius 1 is 0.833 bits per heavy atom. The van der Waals surface area contributed by atoms with E-state index < -0.39 is 54.0 Å². The van der Waals surface area contributed by atoms with Gasteiger partial charge in [-0.1, -0.05) is 69.4 Å². The quantitative estimate of drug-likeness (QED) is 0.0310. The molecule has 0 bridgehead atoms. The fourth-order valence-electron chi connectivity index (χ4n) is 7.98. The van der Waals surface area contributed by atoms with Crippen molar-refractivity contribution in [2.24, 2.45) is 16.5 Å². The Hall–Kier alpha value is -6.03. The van der Waals surface area contributed by atoms with Crippen LogP contribution in [-0.2, 0) is 6.42 Å². The lowest BCUT2D eigenvalue weighted by molar-refractivity contribution is -0.904. The molecular weight excluding hydrogens is 862 g/mol. The van der Waals surface area contributed by atoms with Crippen LogP contribution in [-0.4, -0.2) is 40.4 Å². The number of halogens is 7. The van der Waals surface area contributed by atoms with Crippen LogP contribution in [0.3, 0.4) is 0 Å². The molecule has 350 valence electrons. The fraction of sp³-hybridized carbons (Fsp3) is 0.400. The maximum Gasteiger partial charge on any atom is 0.459 e. The minimum Gasteiger partial charge on any atom is -0.494 e. The molecule has 0 aliphatic carbocycles. The number of alkyl halides is 6. The second-order valence-electron chi connectivity index (χ2n) is 16.8. The molecule has 5 heterocycles. The molecule has 6 rings (SSSR count). The third-order valence-electron chi connectivity index (χ3n) is 11.4. The van der Waals surface area contributed by atoms with Gasteiger partial charge in [0.15, 0.2) is 6.20 Å². The van der Waals surface area contributed by atoms with Gasteiger partial charge in [0.25, 0.3) is 11.4 Å². The van der Waals surface area contributed by atoms with Crippen LogP contribution in [0, 0.1) is 25.1 Å². The van der Waals surface area contributed by atoms with Crippen LogP contribution in [0.2, 0.25) is 0 Å². The van der Waals surface area contributed by atoms with Gasteiger partial charge in [-0.05, 0) is 103 Å². The maximum absolute atomic E-state index is 15.0. The van der Waals surface area contributed by atoms with Crippen LogP contribution < -0.4 is 25.3 Å². The van der Waals surface area contributed by atoms with E-state index in [0.717, 1.165) is 74.5 Å². The molecule has 0 radical (unpaired) electrons. The van der Waals surface area contributed by atoms with E-state index in [1.807, 2.05) is 44.2 Å². The van der Waals surface area contributed by atoms with Crippen LogP contribution in [0.25, 0.3) is 33.9 Å². The number of fused-ring (bicyclic) bond motifs is 3. The van der Waals surface area contributed by atoms with Crippen LogP contribution in [0.15, 0.2) is 95.9 Å². The summed E-state index contributed by atoms with van der Waals surface area (Å²) < 4.78 is 109. The van der Waals surface area contributed by atoms with Gasteiger partial charge < -0.3 is 21.6 Å². The first-order chi connectivity index (χ1) is 31.4. The Morgan fingerprint density at radius 3 is 2.24 bits per heavy atom. The van der Waals surface area contributed by atoms with Crippen molar-refractivity contribution in [3.05, 3.63) is 125 Å². The SMILES string of the molecule is CCCCCCCc1cc(OCCCCCC)ccc1-c1cc(C(/C=C(\N)C(F)(F)F)=N\[C@H]2[n+]3ccc(F)cc3-c3cc(C)cc(-c4cc(C)ccn4)[n+]32)nc(C(N)CC(=N)C(F)(F)F)c1. The molecule has 66 heavy (non-hydrogen) atoms. The van der Waals surface area contributed by atoms with E-state index in [-0.39, 0.29) is 11.4 Å². The van der Waals surface area contributed by atoms with Gasteiger partial charge in [0.1, 0.15) is 28.7 Å². The molecule has 0 fully saturated rings. The molecule has 16 heteroatoms. The maximum atomic E-state index is 15.0. The standard InChI is InChI=1S/C50H57F7N8O/c1-5-7-9-11-12-14-33-25-36(66-21-13-10-8-6-2)15-16-37(33)34-26-39(38(58)29-46(59)49(52,53)54)62-40(27-34)41(30-47(60)50(55,56)57)63-48-64-20-18-35(51)28-44(64)45-24-32(4)23-43(65(45)48)42-22-31(3)17-19-61-42/h15-20,22-28,30,38,48,59H,5-14,21,29,58,60H2,1-4H3/q+2/b47-30-,59-46?,63-41-/t38?,48-/m0/s1. The number of rotatable bonds is 20. The molecule has 5 aromatic rings. The van der Waals surface area contributed by atoms with Crippen molar-refractivity contribution in [1.82, 2.24) is 9.97 Å². The molecule has 1 aliphatic rings. The monoisotopic (exact) mass is 918 g/mol. The third kappa shape index (κ3) is 12.2. The highest BCUT2D eigenvalue weighted by Gasteiger charge is 2.48. The number of pyridine rings is 4. The third-order valence-corrected chi connectivity index (χ3v) is 11.4. The van der Waals surface area contributed by atoms with E-state index in [4.69, 9.17) is 26.6 Å². The number of benzene rings is 1. The van der Waals surface area contributed by atoms with Gasteiger partial charge in [-0.2, -0.15) is 26.3 Å². The number of aryl methyl sites for hydroxylation is 3. The number of hydrogen-bond acceptors (Lipinski definition) is 7. The molecule has 0 spiro atoms. The van der Waals surface area contributed by atoms with Gasteiger partial charge in [-0.3, -0.25) is 0 Å². The van der Waals surface area contributed by atoms with Gasteiger partial charge in [0.2, 0.25) is 5.69 Å². The molecule has 0 saturated carbocycles. The average Bonchev–Trinajstić information content (AvgIpc) is 3.56. The number of nitrogens with one attached hydrogen (secondary N) is 1. The first-order valence-electron chi connectivity index (χ1n) is 22.4. The molecule has 5 N–H and O–H groups in total. The van der Waals surface area contributed by atoms with Gasteiger partial charge in [0, 0.05) is 30.8 Å². The van der Waals surface area contributed by atoms with Crippen molar-refractivity contribution in [2.45, 2.75) is 123 Å². The van der Waals surface area contributed by atoms with E-state index >= 15 is 4.39 Å². The molecular formula is C50H57F7N8O+2. The summed E-state index contributed by atoms with van der Waals surface area (Å²) in [6.07, 6.45) is 1.01. The summed E-state index contributed by atoms with van der Waals surface area (Å²) in [6, 6.07) is 16.8. The second kappa shape index (κ2) is 21.5. The highest BCUT2D eigenvalue weighted by Crippen LogP contribution is 2.34. The summed E-state index contributed by atoms with van der Waals surface area (Å²) in [4.78, 5) is 14.1. The number of hydrogen-bond donors (Lipinski definition) is 3.